The number of hydrogen-bond donors (Lipinski definition) is 0. The first kappa shape index (κ1) is 9.32. The molecule has 0 saturated heterocycles. The Kier molecular flexibility index (Phi) is 3.34. The zero-order valence-electron chi connectivity index (χ0n) is 7.33. The fourth-order valence-corrected chi connectivity index (χ4v) is 1.70. The van der Waals surface area contributed by atoms with Crippen molar-refractivity contribution in [3.63, 3.8) is 0 Å². The smallest absolute Gasteiger partial charge is 0.176 e. The molecule has 0 unspecified atom stereocenters. The van der Waals surface area contributed by atoms with Crippen molar-refractivity contribution < 1.29 is 4.79 Å². The number of aromatic nitrogens is 2. The first-order valence-electron chi connectivity index (χ1n) is 4.14. The Morgan fingerprint density at radius 3 is 2.83 bits per heavy atom. The molecule has 1 aromatic rings. The van der Waals surface area contributed by atoms with Crippen LogP contribution in [0.25, 0.3) is 0 Å². The number of ketones is 1. The lowest BCUT2D eigenvalue weighted by molar-refractivity contribution is 0.0991. The van der Waals surface area contributed by atoms with E-state index in [0.717, 1.165) is 23.4 Å². The Labute approximate surface area is 76.0 Å². The lowest BCUT2D eigenvalue weighted by Crippen LogP contribution is -1.98. The van der Waals surface area contributed by atoms with Crippen molar-refractivity contribution in [3.05, 3.63) is 10.6 Å². The van der Waals surface area contributed by atoms with E-state index in [9.17, 15) is 4.79 Å². The van der Waals surface area contributed by atoms with Crippen LogP contribution in [-0.4, -0.2) is 15.4 Å². The van der Waals surface area contributed by atoms with E-state index < -0.39 is 0 Å². The summed E-state index contributed by atoms with van der Waals surface area (Å²) in [5, 5.41) is 3.92. The number of nitrogens with zero attached hydrogens (tertiary/aromatic N) is 2. The maximum Gasteiger partial charge on any atom is 0.176 e. The van der Waals surface area contributed by atoms with E-state index in [1.165, 1.54) is 11.5 Å². The normalized spacial score (nSPS) is 10.2. The van der Waals surface area contributed by atoms with Crippen LogP contribution in [0.1, 0.15) is 42.1 Å². The van der Waals surface area contributed by atoms with E-state index in [2.05, 4.69) is 16.5 Å². The molecule has 0 aliphatic rings. The lowest BCUT2D eigenvalue weighted by Gasteiger charge is -1.94. The molecule has 0 saturated carbocycles. The van der Waals surface area contributed by atoms with Gasteiger partial charge in [0, 0.05) is 6.42 Å². The third-order valence-corrected chi connectivity index (χ3v) is 2.43. The van der Waals surface area contributed by atoms with Crippen molar-refractivity contribution in [2.75, 3.05) is 0 Å². The van der Waals surface area contributed by atoms with Gasteiger partial charge in [0.1, 0.15) is 4.88 Å². The van der Waals surface area contributed by atoms with Crippen LogP contribution in [0.2, 0.25) is 0 Å². The van der Waals surface area contributed by atoms with Crippen molar-refractivity contribution in [1.82, 2.24) is 9.59 Å². The van der Waals surface area contributed by atoms with E-state index >= 15 is 0 Å². The third kappa shape index (κ3) is 1.88. The van der Waals surface area contributed by atoms with Crippen molar-refractivity contribution in [2.24, 2.45) is 0 Å². The second-order valence-corrected chi connectivity index (χ2v) is 3.33. The van der Waals surface area contributed by atoms with E-state index in [0.29, 0.717) is 6.42 Å². The minimum Gasteiger partial charge on any atom is -0.293 e. The van der Waals surface area contributed by atoms with Crippen molar-refractivity contribution in [3.8, 4) is 0 Å². The van der Waals surface area contributed by atoms with Gasteiger partial charge in [0.2, 0.25) is 0 Å². The minimum atomic E-state index is 0.161. The van der Waals surface area contributed by atoms with Gasteiger partial charge < -0.3 is 0 Å². The standard InChI is InChI=1S/C8H12N2OS/c1-3-5-6-8(7(11)4-2)12-10-9-6/h3-5H2,1-2H3. The van der Waals surface area contributed by atoms with Crippen molar-refractivity contribution >= 4 is 17.3 Å². The summed E-state index contributed by atoms with van der Waals surface area (Å²) in [6.07, 6.45) is 2.41. The SMILES string of the molecule is CCCc1nnsc1C(=O)CC. The molecule has 0 N–H and O–H groups in total. The highest BCUT2D eigenvalue weighted by Gasteiger charge is 2.12. The zero-order valence-corrected chi connectivity index (χ0v) is 8.15. The van der Waals surface area contributed by atoms with Crippen LogP contribution < -0.4 is 0 Å². The van der Waals surface area contributed by atoms with Gasteiger partial charge in [0.05, 0.1) is 5.69 Å². The summed E-state index contributed by atoms with van der Waals surface area (Å²) in [6, 6.07) is 0. The summed E-state index contributed by atoms with van der Waals surface area (Å²) in [5.74, 6) is 0.161. The maximum atomic E-state index is 11.3. The Hall–Kier alpha value is -0.770. The van der Waals surface area contributed by atoms with Crippen LogP contribution >= 0.6 is 11.5 Å². The van der Waals surface area contributed by atoms with Gasteiger partial charge in [-0.3, -0.25) is 4.79 Å². The molecule has 1 heterocycles. The first-order valence-corrected chi connectivity index (χ1v) is 4.91. The van der Waals surface area contributed by atoms with Crippen LogP contribution in [0.5, 0.6) is 0 Å². The predicted octanol–water partition coefficient (Wildman–Crippen LogP) is 2.08. The number of rotatable bonds is 4. The molecule has 66 valence electrons. The minimum absolute atomic E-state index is 0.161. The van der Waals surface area contributed by atoms with Crippen LogP contribution in [-0.2, 0) is 6.42 Å². The van der Waals surface area contributed by atoms with E-state index in [-0.39, 0.29) is 5.78 Å². The largest absolute Gasteiger partial charge is 0.293 e. The summed E-state index contributed by atoms with van der Waals surface area (Å²) >= 11 is 1.21. The fourth-order valence-electron chi connectivity index (χ4n) is 0.981. The first-order chi connectivity index (χ1) is 5.79. The molecule has 0 amide bonds. The van der Waals surface area contributed by atoms with Crippen molar-refractivity contribution in [1.29, 1.82) is 0 Å². The van der Waals surface area contributed by atoms with Gasteiger partial charge in [0.15, 0.2) is 5.78 Å². The second-order valence-electron chi connectivity index (χ2n) is 2.58. The molecule has 0 aromatic carbocycles. The summed E-state index contributed by atoms with van der Waals surface area (Å²) in [5.41, 5.74) is 0.870. The van der Waals surface area contributed by atoms with Gasteiger partial charge in [-0.1, -0.05) is 24.8 Å². The molecule has 1 rings (SSSR count). The number of Topliss-reactive ketones (excluding diaryl/α,β-unsaturated/α-hetero) is 1. The van der Waals surface area contributed by atoms with Crippen LogP contribution in [0.3, 0.4) is 0 Å². The molecule has 12 heavy (non-hydrogen) atoms. The molecular formula is C8H12N2OS. The average molecular weight is 184 g/mol. The zero-order chi connectivity index (χ0) is 8.97. The van der Waals surface area contributed by atoms with Crippen molar-refractivity contribution in [2.45, 2.75) is 33.1 Å². The molecule has 0 spiro atoms. The Bertz CT molecular complexity index is 270. The number of aryl methyl sites for hydroxylation is 1. The number of carbonyl (C=O) groups is 1. The maximum absolute atomic E-state index is 11.3. The summed E-state index contributed by atoms with van der Waals surface area (Å²) in [6.45, 7) is 3.93. The monoisotopic (exact) mass is 184 g/mol. The summed E-state index contributed by atoms with van der Waals surface area (Å²) in [7, 11) is 0. The molecule has 0 bridgehead atoms. The molecule has 3 nitrogen and oxygen atoms in total. The average Bonchev–Trinajstić information content (AvgIpc) is 2.52. The highest BCUT2D eigenvalue weighted by atomic mass is 32.1. The molecule has 4 heteroatoms. The third-order valence-electron chi connectivity index (χ3n) is 1.62. The van der Waals surface area contributed by atoms with E-state index in [4.69, 9.17) is 0 Å². The highest BCUT2D eigenvalue weighted by Crippen LogP contribution is 2.14. The second kappa shape index (κ2) is 4.30. The summed E-state index contributed by atoms with van der Waals surface area (Å²) in [4.78, 5) is 12.1. The topological polar surface area (TPSA) is 42.9 Å². The molecule has 0 radical (unpaired) electrons. The Balaban J connectivity index is 2.83. The van der Waals surface area contributed by atoms with Gasteiger partial charge in [-0.2, -0.15) is 0 Å². The van der Waals surface area contributed by atoms with E-state index in [1.54, 1.807) is 0 Å². The van der Waals surface area contributed by atoms with E-state index in [1.807, 2.05) is 6.92 Å². The van der Waals surface area contributed by atoms with Gasteiger partial charge in [-0.15, -0.1) is 5.10 Å². The van der Waals surface area contributed by atoms with Crippen LogP contribution in [0.4, 0.5) is 0 Å². The van der Waals surface area contributed by atoms with Crippen LogP contribution in [0, 0.1) is 0 Å². The molecule has 0 fully saturated rings. The molecule has 0 aliphatic carbocycles. The van der Waals surface area contributed by atoms with Gasteiger partial charge in [0.25, 0.3) is 0 Å². The lowest BCUT2D eigenvalue weighted by atomic mass is 10.1. The number of carbonyl (C=O) groups excluding carboxylic acids is 1. The van der Waals surface area contributed by atoms with Gasteiger partial charge in [-0.25, -0.2) is 0 Å². The summed E-state index contributed by atoms with van der Waals surface area (Å²) < 4.78 is 3.78. The molecule has 0 aliphatic heterocycles. The fraction of sp³-hybridized carbons (Fsp3) is 0.625. The molecular weight excluding hydrogens is 172 g/mol. The predicted molar refractivity (Wildman–Crippen MR) is 48.5 cm³/mol. The molecule has 0 atom stereocenters. The quantitative estimate of drug-likeness (QED) is 0.673. The Morgan fingerprint density at radius 1 is 1.50 bits per heavy atom. The van der Waals surface area contributed by atoms with Gasteiger partial charge >= 0.3 is 0 Å². The number of hydrogen-bond acceptors (Lipinski definition) is 4. The van der Waals surface area contributed by atoms with Gasteiger partial charge in [-0.05, 0) is 18.0 Å². The highest BCUT2D eigenvalue weighted by molar-refractivity contribution is 7.08. The molecule has 1 aromatic heterocycles. The van der Waals surface area contributed by atoms with Crippen LogP contribution in [0.15, 0.2) is 0 Å². The Morgan fingerprint density at radius 2 is 2.25 bits per heavy atom.